The zero-order chi connectivity index (χ0) is 67.1. The van der Waals surface area contributed by atoms with Gasteiger partial charge in [-0.2, -0.15) is 0 Å². The van der Waals surface area contributed by atoms with Gasteiger partial charge in [-0.25, -0.2) is 0 Å². The van der Waals surface area contributed by atoms with Crippen LogP contribution in [-0.4, -0.2) is 87.5 Å². The first-order valence-corrected chi connectivity index (χ1v) is 40.7. The molecule has 1 aliphatic rings. The number of hydrogen-bond acceptors (Lipinski definition) is 8. The average molecular weight is 1310 g/mol. The van der Waals surface area contributed by atoms with E-state index in [1.54, 1.807) is 6.08 Å². The molecule has 1 rings (SSSR count). The molecule has 0 aromatic carbocycles. The van der Waals surface area contributed by atoms with Crippen LogP contribution in [0.2, 0.25) is 0 Å². The minimum absolute atomic E-state index is 0.169. The number of ether oxygens (including phenoxy) is 2. The second-order valence-electron chi connectivity index (χ2n) is 28.2. The summed E-state index contributed by atoms with van der Waals surface area (Å²) in [5.41, 5.74) is 0. The number of nitrogens with one attached hydrogen (secondary N) is 1. The standard InChI is InChI=1S/C84H155NO8/c1-3-5-7-9-11-13-15-17-19-21-23-25-27-29-31-33-34-35-36-37-38-39-40-41-42-43-44-46-48-50-52-54-56-58-60-62-64-66-68-70-72-74-80(88)85-77(76-92-84-83(91)82(90)81(89)79(75-86)93-84)78(87)73-71-69-67-65-63-61-59-57-55-53-51-49-47-45-32-30-28-26-24-22-20-18-16-14-12-10-8-6-4-2/h5,7,11,13,17,19,23,25,29,31,71,73,77-79,81-84,86-87,89-91H,3-4,6,8-10,12,14-16,18,20-22,24,26-28,30,32-70,72,74-76H2,1-2H3,(H,85,88)/b7-5-,13-11-,19-17-,25-23-,31-29-,73-71+. The van der Waals surface area contributed by atoms with Gasteiger partial charge < -0.3 is 40.3 Å². The van der Waals surface area contributed by atoms with Gasteiger partial charge in [0.1, 0.15) is 24.4 Å². The Morgan fingerprint density at radius 1 is 0.376 bits per heavy atom. The highest BCUT2D eigenvalue weighted by atomic mass is 16.7. The summed E-state index contributed by atoms with van der Waals surface area (Å²) in [6.45, 7) is 3.72. The van der Waals surface area contributed by atoms with E-state index in [9.17, 15) is 30.3 Å². The maximum Gasteiger partial charge on any atom is 0.220 e. The average Bonchev–Trinajstić information content (AvgIpc) is 1.00. The lowest BCUT2D eigenvalue weighted by atomic mass is 9.99. The smallest absolute Gasteiger partial charge is 0.220 e. The fourth-order valence-corrected chi connectivity index (χ4v) is 13.0. The highest BCUT2D eigenvalue weighted by molar-refractivity contribution is 5.76. The van der Waals surface area contributed by atoms with Crippen LogP contribution >= 0.6 is 0 Å². The predicted octanol–water partition coefficient (Wildman–Crippen LogP) is 23.4. The van der Waals surface area contributed by atoms with Crippen LogP contribution in [0, 0.1) is 0 Å². The Morgan fingerprint density at radius 3 is 0.989 bits per heavy atom. The zero-order valence-corrected chi connectivity index (χ0v) is 61.3. The van der Waals surface area contributed by atoms with Gasteiger partial charge in [-0.05, 0) is 64.2 Å². The van der Waals surface area contributed by atoms with Crippen molar-refractivity contribution in [2.24, 2.45) is 0 Å². The molecule has 1 amide bonds. The van der Waals surface area contributed by atoms with Crippen LogP contribution in [0.25, 0.3) is 0 Å². The maximum absolute atomic E-state index is 13.2. The Labute approximate surface area is 576 Å². The van der Waals surface area contributed by atoms with Crippen LogP contribution in [0.5, 0.6) is 0 Å². The van der Waals surface area contributed by atoms with E-state index in [1.807, 2.05) is 6.08 Å². The first kappa shape index (κ1) is 88.6. The molecule has 9 heteroatoms. The Hall–Kier alpha value is -2.37. The maximum atomic E-state index is 13.2. The topological polar surface area (TPSA) is 149 Å². The van der Waals surface area contributed by atoms with Gasteiger partial charge in [0.25, 0.3) is 0 Å². The lowest BCUT2D eigenvalue weighted by Crippen LogP contribution is -2.60. The number of allylic oxidation sites excluding steroid dienone is 11. The number of rotatable bonds is 72. The SMILES string of the molecule is CC/C=C\C/C=C\C/C=C\C/C=C\C/C=C\CCCCCCCCCCCCCCCCCCCCCCCCCCCC(=O)NC(COC1OC(CO)C(O)C(O)C1O)C(O)/C=C/CCCCCCCCCCCCCCCCCCCCCCCCCCCCC. The van der Waals surface area contributed by atoms with E-state index in [4.69, 9.17) is 9.47 Å². The van der Waals surface area contributed by atoms with Gasteiger partial charge in [0.05, 0.1) is 25.4 Å². The molecule has 1 saturated heterocycles. The van der Waals surface area contributed by atoms with E-state index >= 15 is 0 Å². The number of amides is 1. The van der Waals surface area contributed by atoms with Crippen molar-refractivity contribution in [3.05, 3.63) is 72.9 Å². The third-order valence-corrected chi connectivity index (χ3v) is 19.3. The minimum Gasteiger partial charge on any atom is -0.394 e. The van der Waals surface area contributed by atoms with Crippen molar-refractivity contribution in [2.45, 2.75) is 442 Å². The van der Waals surface area contributed by atoms with Crippen LogP contribution in [0.3, 0.4) is 0 Å². The highest BCUT2D eigenvalue weighted by Gasteiger charge is 2.44. The van der Waals surface area contributed by atoms with Crippen LogP contribution in [0.15, 0.2) is 72.9 Å². The molecule has 0 spiro atoms. The fourth-order valence-electron chi connectivity index (χ4n) is 13.0. The molecule has 1 heterocycles. The third-order valence-electron chi connectivity index (χ3n) is 19.3. The first-order chi connectivity index (χ1) is 45.8. The normalized spacial score (nSPS) is 17.9. The van der Waals surface area contributed by atoms with E-state index in [0.717, 1.165) is 70.6 Å². The summed E-state index contributed by atoms with van der Waals surface area (Å²) in [5.74, 6) is -0.169. The van der Waals surface area contributed by atoms with Crippen molar-refractivity contribution in [3.8, 4) is 0 Å². The fraction of sp³-hybridized carbons (Fsp3) is 0.845. The monoisotopic (exact) mass is 1310 g/mol. The van der Waals surface area contributed by atoms with Gasteiger partial charge in [0.2, 0.25) is 5.91 Å². The Morgan fingerprint density at radius 2 is 0.667 bits per heavy atom. The lowest BCUT2D eigenvalue weighted by Gasteiger charge is -2.40. The number of aliphatic hydroxyl groups is 5. The van der Waals surface area contributed by atoms with E-state index in [1.165, 1.54) is 308 Å². The summed E-state index contributed by atoms with van der Waals surface area (Å²) in [6.07, 6.45) is 96.3. The number of carbonyl (C=O) groups is 1. The summed E-state index contributed by atoms with van der Waals surface area (Å²) < 4.78 is 11.4. The molecular weight excluding hydrogens is 1150 g/mol. The van der Waals surface area contributed by atoms with E-state index < -0.39 is 49.5 Å². The molecule has 0 saturated carbocycles. The molecule has 0 aromatic rings. The van der Waals surface area contributed by atoms with Crippen molar-refractivity contribution < 1.29 is 39.8 Å². The van der Waals surface area contributed by atoms with Crippen molar-refractivity contribution in [1.82, 2.24) is 5.32 Å². The Kier molecular flexibility index (Phi) is 69.0. The highest BCUT2D eigenvalue weighted by Crippen LogP contribution is 2.24. The summed E-state index contributed by atoms with van der Waals surface area (Å²) in [7, 11) is 0. The molecule has 1 aliphatic heterocycles. The molecule has 1 fully saturated rings. The van der Waals surface area contributed by atoms with Gasteiger partial charge >= 0.3 is 0 Å². The quantitative estimate of drug-likeness (QED) is 0.0261. The first-order valence-electron chi connectivity index (χ1n) is 40.7. The lowest BCUT2D eigenvalue weighted by molar-refractivity contribution is -0.302. The number of aliphatic hydroxyl groups excluding tert-OH is 5. The molecule has 544 valence electrons. The van der Waals surface area contributed by atoms with Crippen molar-refractivity contribution in [2.75, 3.05) is 13.2 Å². The van der Waals surface area contributed by atoms with Crippen LogP contribution < -0.4 is 5.32 Å². The van der Waals surface area contributed by atoms with Crippen molar-refractivity contribution in [1.29, 1.82) is 0 Å². The molecule has 9 nitrogen and oxygen atoms in total. The summed E-state index contributed by atoms with van der Waals surface area (Å²) in [4.78, 5) is 13.2. The molecular formula is C84H155NO8. The van der Waals surface area contributed by atoms with Crippen LogP contribution in [0.1, 0.15) is 399 Å². The number of carbonyl (C=O) groups excluding carboxylic acids is 1. The molecule has 0 radical (unpaired) electrons. The second-order valence-corrected chi connectivity index (χ2v) is 28.2. The largest absolute Gasteiger partial charge is 0.394 e. The van der Waals surface area contributed by atoms with Gasteiger partial charge in [0, 0.05) is 6.42 Å². The van der Waals surface area contributed by atoms with Gasteiger partial charge in [0.15, 0.2) is 6.29 Å². The summed E-state index contributed by atoms with van der Waals surface area (Å²) in [6, 6.07) is -0.807. The third kappa shape index (κ3) is 60.5. The van der Waals surface area contributed by atoms with Crippen LogP contribution in [0.4, 0.5) is 0 Å². The van der Waals surface area contributed by atoms with Crippen LogP contribution in [-0.2, 0) is 14.3 Å². The van der Waals surface area contributed by atoms with E-state index in [0.29, 0.717) is 6.42 Å². The van der Waals surface area contributed by atoms with Gasteiger partial charge in [-0.1, -0.05) is 401 Å². The van der Waals surface area contributed by atoms with E-state index in [2.05, 4.69) is 79.9 Å². The molecule has 7 atom stereocenters. The molecule has 0 aromatic heterocycles. The molecule has 6 N–H and O–H groups in total. The summed E-state index contributed by atoms with van der Waals surface area (Å²) in [5, 5.41) is 54.9. The van der Waals surface area contributed by atoms with E-state index in [-0.39, 0.29) is 12.5 Å². The molecule has 93 heavy (non-hydrogen) atoms. The Balaban J connectivity index is 2.04. The molecule has 0 aliphatic carbocycles. The Bertz CT molecular complexity index is 1710. The predicted molar refractivity (Wildman–Crippen MR) is 401 cm³/mol. The minimum atomic E-state index is -1.57. The zero-order valence-electron chi connectivity index (χ0n) is 61.3. The second kappa shape index (κ2) is 72.4. The number of unbranched alkanes of at least 4 members (excludes halogenated alkanes) is 52. The van der Waals surface area contributed by atoms with Crippen molar-refractivity contribution in [3.63, 3.8) is 0 Å². The van der Waals surface area contributed by atoms with Gasteiger partial charge in [-0.3, -0.25) is 4.79 Å². The van der Waals surface area contributed by atoms with Gasteiger partial charge in [-0.15, -0.1) is 0 Å². The molecule has 7 unspecified atom stereocenters. The van der Waals surface area contributed by atoms with Crippen molar-refractivity contribution >= 4 is 5.91 Å². The number of hydrogen-bond donors (Lipinski definition) is 6. The summed E-state index contributed by atoms with van der Waals surface area (Å²) >= 11 is 0. The molecule has 0 bridgehead atoms.